The van der Waals surface area contributed by atoms with Gasteiger partial charge in [0.05, 0.1) is 22.9 Å². The molecule has 1 heterocycles. The van der Waals surface area contributed by atoms with Crippen LogP contribution in [0, 0.1) is 10.1 Å². The van der Waals surface area contributed by atoms with Gasteiger partial charge in [0.1, 0.15) is 5.75 Å². The zero-order valence-corrected chi connectivity index (χ0v) is 15.6. The highest BCUT2D eigenvalue weighted by Crippen LogP contribution is 2.34. The van der Waals surface area contributed by atoms with Gasteiger partial charge in [0.15, 0.2) is 12.4 Å². The van der Waals surface area contributed by atoms with E-state index in [0.717, 1.165) is 11.8 Å². The van der Waals surface area contributed by atoms with Crippen LogP contribution in [0.2, 0.25) is 0 Å². The summed E-state index contributed by atoms with van der Waals surface area (Å²) in [4.78, 5) is 22.6. The minimum atomic E-state index is -3.39. The Bertz CT molecular complexity index is 1020. The third kappa shape index (κ3) is 3.92. The third-order valence-electron chi connectivity index (χ3n) is 4.31. The number of carbonyl (C=O) groups excluding carboxylic acids is 1. The van der Waals surface area contributed by atoms with Gasteiger partial charge < -0.3 is 4.74 Å². The summed E-state index contributed by atoms with van der Waals surface area (Å²) in [5, 5.41) is 10.8. The van der Waals surface area contributed by atoms with Crippen molar-refractivity contribution in [3.8, 4) is 5.75 Å². The Morgan fingerprint density at radius 1 is 1.30 bits per heavy atom. The molecule has 8 nitrogen and oxygen atoms in total. The maximum atomic E-state index is 12.4. The summed E-state index contributed by atoms with van der Waals surface area (Å²) in [5.74, 6) is -0.0645. The zero-order valence-electron chi connectivity index (χ0n) is 14.8. The van der Waals surface area contributed by atoms with Crippen LogP contribution in [0.1, 0.15) is 22.8 Å². The lowest BCUT2D eigenvalue weighted by atomic mass is 10.0. The van der Waals surface area contributed by atoms with Gasteiger partial charge in [-0.25, -0.2) is 8.42 Å². The average molecular weight is 390 g/mol. The number of non-ortho nitro benzene ring substituents is 1. The maximum absolute atomic E-state index is 12.4. The number of hydrogen-bond acceptors (Lipinski definition) is 6. The second kappa shape index (κ2) is 6.99. The number of ketones is 1. The summed E-state index contributed by atoms with van der Waals surface area (Å²) in [6.45, 7) is 1.54. The summed E-state index contributed by atoms with van der Waals surface area (Å²) in [7, 11) is -3.39. The van der Waals surface area contributed by atoms with Crippen molar-refractivity contribution in [1.82, 2.24) is 0 Å². The fourth-order valence-electron chi connectivity index (χ4n) is 3.20. The molecule has 1 atom stereocenters. The van der Waals surface area contributed by atoms with Gasteiger partial charge in [0, 0.05) is 17.7 Å². The van der Waals surface area contributed by atoms with Crippen LogP contribution in [0.3, 0.4) is 0 Å². The summed E-state index contributed by atoms with van der Waals surface area (Å²) >= 11 is 0. The predicted octanol–water partition coefficient (Wildman–Crippen LogP) is 2.57. The Hall–Kier alpha value is -2.94. The molecule has 2 aromatic rings. The van der Waals surface area contributed by atoms with Crippen LogP contribution in [0.25, 0.3) is 0 Å². The first-order valence-electron chi connectivity index (χ1n) is 8.19. The highest BCUT2D eigenvalue weighted by molar-refractivity contribution is 7.92. The molecule has 142 valence electrons. The molecule has 0 aliphatic carbocycles. The molecule has 0 aromatic heterocycles. The van der Waals surface area contributed by atoms with Gasteiger partial charge in [-0.2, -0.15) is 0 Å². The standard InChI is InChI=1S/C18H18N2O6S/c1-12-8-14-9-13(6-7-17(14)19(12)27(2,24)25)18(21)11-26-16-5-3-4-15(10-16)20(22)23/h3-7,9-10,12H,8,11H2,1-2H3/t12-/m1/s1. The maximum Gasteiger partial charge on any atom is 0.273 e. The van der Waals surface area contributed by atoms with Crippen molar-refractivity contribution in [2.45, 2.75) is 19.4 Å². The normalized spacial score (nSPS) is 16.1. The molecule has 1 aliphatic rings. The van der Waals surface area contributed by atoms with Gasteiger partial charge in [-0.05, 0) is 43.2 Å². The van der Waals surface area contributed by atoms with Crippen LogP contribution >= 0.6 is 0 Å². The fourth-order valence-corrected chi connectivity index (χ4v) is 4.46. The number of anilines is 1. The molecule has 1 aliphatic heterocycles. The number of hydrogen-bond donors (Lipinski definition) is 0. The molecule has 0 radical (unpaired) electrons. The summed E-state index contributed by atoms with van der Waals surface area (Å²) in [6.07, 6.45) is 1.68. The van der Waals surface area contributed by atoms with Gasteiger partial charge in [0.2, 0.25) is 10.0 Å². The van der Waals surface area contributed by atoms with Crippen molar-refractivity contribution in [1.29, 1.82) is 0 Å². The summed E-state index contributed by atoms with van der Waals surface area (Å²) in [6, 6.07) is 10.3. The second-order valence-electron chi connectivity index (χ2n) is 6.42. The Morgan fingerprint density at radius 2 is 2.04 bits per heavy atom. The highest BCUT2D eigenvalue weighted by atomic mass is 32.2. The Kier molecular flexibility index (Phi) is 4.88. The second-order valence-corrected chi connectivity index (χ2v) is 8.28. The molecule has 9 heteroatoms. The molecule has 3 rings (SSSR count). The van der Waals surface area contributed by atoms with Gasteiger partial charge in [-0.3, -0.25) is 19.2 Å². The summed E-state index contributed by atoms with van der Waals surface area (Å²) in [5.41, 5.74) is 1.66. The molecule has 0 saturated carbocycles. The van der Waals surface area contributed by atoms with Crippen molar-refractivity contribution in [2.24, 2.45) is 0 Å². The molecule has 27 heavy (non-hydrogen) atoms. The molecule has 0 saturated heterocycles. The smallest absolute Gasteiger partial charge is 0.273 e. The van der Waals surface area contributed by atoms with Crippen LogP contribution in [0.5, 0.6) is 5.75 Å². The minimum absolute atomic E-state index is 0.118. The number of nitrogens with zero attached hydrogens (tertiary/aromatic N) is 2. The number of carbonyl (C=O) groups is 1. The number of benzene rings is 2. The van der Waals surface area contributed by atoms with E-state index < -0.39 is 14.9 Å². The molecule has 0 unspecified atom stereocenters. The number of nitro groups is 1. The first kappa shape index (κ1) is 18.8. The summed E-state index contributed by atoms with van der Waals surface area (Å²) < 4.78 is 30.6. The molecule has 0 spiro atoms. The van der Waals surface area contributed by atoms with Crippen molar-refractivity contribution < 1.29 is 22.9 Å². The monoisotopic (exact) mass is 390 g/mol. The number of ether oxygens (including phenoxy) is 1. The number of rotatable bonds is 6. The van der Waals surface area contributed by atoms with Crippen LogP contribution < -0.4 is 9.04 Å². The molecular weight excluding hydrogens is 372 g/mol. The third-order valence-corrected chi connectivity index (χ3v) is 5.58. The number of sulfonamides is 1. The molecule has 0 amide bonds. The van der Waals surface area contributed by atoms with Crippen molar-refractivity contribution in [2.75, 3.05) is 17.2 Å². The van der Waals surface area contributed by atoms with Gasteiger partial charge in [-0.15, -0.1) is 0 Å². The first-order chi connectivity index (χ1) is 12.7. The lowest BCUT2D eigenvalue weighted by Crippen LogP contribution is -2.34. The Morgan fingerprint density at radius 3 is 2.70 bits per heavy atom. The first-order valence-corrected chi connectivity index (χ1v) is 10.0. The lowest BCUT2D eigenvalue weighted by molar-refractivity contribution is -0.384. The van der Waals surface area contributed by atoms with E-state index in [1.165, 1.54) is 28.6 Å². The largest absolute Gasteiger partial charge is 0.485 e. The van der Waals surface area contributed by atoms with Gasteiger partial charge >= 0.3 is 0 Å². The van der Waals surface area contributed by atoms with Crippen molar-refractivity contribution >= 4 is 27.2 Å². The minimum Gasteiger partial charge on any atom is -0.485 e. The number of fused-ring (bicyclic) bond motifs is 1. The Labute approximate surface area is 156 Å². The highest BCUT2D eigenvalue weighted by Gasteiger charge is 2.32. The lowest BCUT2D eigenvalue weighted by Gasteiger charge is -2.21. The average Bonchev–Trinajstić information content (AvgIpc) is 2.94. The molecular formula is C18H18N2O6S. The van der Waals surface area contributed by atoms with Gasteiger partial charge in [0.25, 0.3) is 5.69 Å². The van der Waals surface area contributed by atoms with Crippen LogP contribution in [-0.2, 0) is 16.4 Å². The van der Waals surface area contributed by atoms with Crippen LogP contribution in [-0.4, -0.2) is 38.0 Å². The SMILES string of the molecule is C[C@@H]1Cc2cc(C(=O)COc3cccc([N+](=O)[O-])c3)ccc2N1S(C)(=O)=O. The molecule has 0 N–H and O–H groups in total. The number of Topliss-reactive ketones (excluding diaryl/α,β-unsaturated/α-hetero) is 1. The topological polar surface area (TPSA) is 107 Å². The van der Waals surface area contributed by atoms with Gasteiger partial charge in [-0.1, -0.05) is 6.07 Å². The van der Waals surface area contributed by atoms with Crippen LogP contribution in [0.4, 0.5) is 11.4 Å². The molecule has 0 fully saturated rings. The van der Waals surface area contributed by atoms with E-state index >= 15 is 0 Å². The molecule has 0 bridgehead atoms. The van der Waals surface area contributed by atoms with E-state index in [-0.39, 0.29) is 29.9 Å². The number of nitro benzene ring substituents is 1. The van der Waals surface area contributed by atoms with E-state index in [1.54, 1.807) is 18.2 Å². The zero-order chi connectivity index (χ0) is 19.8. The van der Waals surface area contributed by atoms with Crippen molar-refractivity contribution in [3.05, 3.63) is 63.7 Å². The van der Waals surface area contributed by atoms with Crippen molar-refractivity contribution in [3.63, 3.8) is 0 Å². The van der Waals surface area contributed by atoms with Crippen LogP contribution in [0.15, 0.2) is 42.5 Å². The van der Waals surface area contributed by atoms with E-state index in [2.05, 4.69) is 0 Å². The molecule has 2 aromatic carbocycles. The fraction of sp³-hybridized carbons (Fsp3) is 0.278. The Balaban J connectivity index is 1.75. The van der Waals surface area contributed by atoms with E-state index in [9.17, 15) is 23.3 Å². The predicted molar refractivity (Wildman–Crippen MR) is 99.9 cm³/mol. The van der Waals surface area contributed by atoms with E-state index in [1.807, 2.05) is 6.92 Å². The van der Waals surface area contributed by atoms with E-state index in [0.29, 0.717) is 17.7 Å². The van der Waals surface area contributed by atoms with E-state index in [4.69, 9.17) is 4.74 Å². The quantitative estimate of drug-likeness (QED) is 0.426.